The molecule has 164 valence electrons. The minimum absolute atomic E-state index is 0.190. The maximum atomic E-state index is 13.0. The molecule has 31 heavy (non-hydrogen) atoms. The summed E-state index contributed by atoms with van der Waals surface area (Å²) < 4.78 is 5.23. The highest BCUT2D eigenvalue weighted by molar-refractivity contribution is 5.92. The lowest BCUT2D eigenvalue weighted by Crippen LogP contribution is -2.51. The van der Waals surface area contributed by atoms with E-state index in [1.807, 2.05) is 29.2 Å². The highest BCUT2D eigenvalue weighted by atomic mass is 16.5. The minimum Gasteiger partial charge on any atom is -0.497 e. The number of benzene rings is 2. The van der Waals surface area contributed by atoms with Crippen LogP contribution in [0.3, 0.4) is 0 Å². The largest absolute Gasteiger partial charge is 0.497 e. The summed E-state index contributed by atoms with van der Waals surface area (Å²) in [6, 6.07) is 15.9. The number of carbonyl (C=O) groups is 2. The molecular formula is C24H30N4O3. The third-order valence-electron chi connectivity index (χ3n) is 6.10. The van der Waals surface area contributed by atoms with Gasteiger partial charge in [0.2, 0.25) is 11.8 Å². The fourth-order valence-electron chi connectivity index (χ4n) is 4.04. The van der Waals surface area contributed by atoms with E-state index in [0.29, 0.717) is 24.7 Å². The van der Waals surface area contributed by atoms with Gasteiger partial charge >= 0.3 is 0 Å². The topological polar surface area (TPSA) is 79.1 Å². The second-order valence-electron chi connectivity index (χ2n) is 8.26. The number of amides is 2. The Morgan fingerprint density at radius 3 is 2.19 bits per heavy atom. The third-order valence-corrected chi connectivity index (χ3v) is 6.10. The molecule has 0 bridgehead atoms. The SMILES string of the molecule is COc1ccc(N2CCN(C(=O)CN(Cc3ccc(C(N)=O)cc3)C3CC3)CC2)cc1. The first-order valence-electron chi connectivity index (χ1n) is 10.8. The van der Waals surface area contributed by atoms with Crippen molar-refractivity contribution in [2.45, 2.75) is 25.4 Å². The second kappa shape index (κ2) is 9.39. The first-order chi connectivity index (χ1) is 15.0. The van der Waals surface area contributed by atoms with Gasteiger partial charge < -0.3 is 20.3 Å². The lowest BCUT2D eigenvalue weighted by Gasteiger charge is -2.37. The van der Waals surface area contributed by atoms with Gasteiger partial charge in [0.15, 0.2) is 0 Å². The van der Waals surface area contributed by atoms with Crippen LogP contribution in [0.1, 0.15) is 28.8 Å². The Hall–Kier alpha value is -3.06. The van der Waals surface area contributed by atoms with Gasteiger partial charge in [0.1, 0.15) is 5.75 Å². The number of hydrogen-bond donors (Lipinski definition) is 1. The minimum atomic E-state index is -0.422. The molecule has 0 radical (unpaired) electrons. The van der Waals surface area contributed by atoms with Crippen molar-refractivity contribution >= 4 is 17.5 Å². The second-order valence-corrected chi connectivity index (χ2v) is 8.26. The van der Waals surface area contributed by atoms with Crippen molar-refractivity contribution in [2.75, 3.05) is 44.7 Å². The van der Waals surface area contributed by atoms with E-state index in [9.17, 15) is 9.59 Å². The van der Waals surface area contributed by atoms with Crippen LogP contribution in [-0.4, -0.2) is 67.5 Å². The van der Waals surface area contributed by atoms with Crippen molar-refractivity contribution in [1.82, 2.24) is 9.80 Å². The van der Waals surface area contributed by atoms with Gasteiger partial charge in [-0.15, -0.1) is 0 Å². The van der Waals surface area contributed by atoms with E-state index in [-0.39, 0.29) is 5.91 Å². The predicted octanol–water partition coefficient (Wildman–Crippen LogP) is 2.11. The Balaban J connectivity index is 1.30. The molecule has 1 aliphatic carbocycles. The first-order valence-corrected chi connectivity index (χ1v) is 10.8. The van der Waals surface area contributed by atoms with Crippen LogP contribution in [0.2, 0.25) is 0 Å². The molecule has 1 saturated carbocycles. The Labute approximate surface area is 183 Å². The summed E-state index contributed by atoms with van der Waals surface area (Å²) in [6.07, 6.45) is 2.27. The Bertz CT molecular complexity index is 901. The number of carbonyl (C=O) groups excluding carboxylic acids is 2. The van der Waals surface area contributed by atoms with Gasteiger partial charge in [0.25, 0.3) is 0 Å². The van der Waals surface area contributed by atoms with Gasteiger partial charge in [0, 0.05) is 50.0 Å². The molecule has 2 N–H and O–H groups in total. The summed E-state index contributed by atoms with van der Waals surface area (Å²) in [7, 11) is 1.67. The number of hydrogen-bond acceptors (Lipinski definition) is 5. The average molecular weight is 423 g/mol. The van der Waals surface area contributed by atoms with Crippen molar-refractivity contribution in [2.24, 2.45) is 5.73 Å². The summed E-state index contributed by atoms with van der Waals surface area (Å²) in [5, 5.41) is 0. The number of piperazine rings is 1. The van der Waals surface area contributed by atoms with Crippen LogP contribution in [0.25, 0.3) is 0 Å². The molecule has 2 fully saturated rings. The van der Waals surface area contributed by atoms with Gasteiger partial charge in [-0.1, -0.05) is 12.1 Å². The zero-order valence-electron chi connectivity index (χ0n) is 18.0. The van der Waals surface area contributed by atoms with Crippen LogP contribution in [0.15, 0.2) is 48.5 Å². The molecule has 1 saturated heterocycles. The van der Waals surface area contributed by atoms with Crippen LogP contribution in [0.5, 0.6) is 5.75 Å². The highest BCUT2D eigenvalue weighted by Gasteiger charge is 2.32. The van der Waals surface area contributed by atoms with Crippen molar-refractivity contribution in [3.8, 4) is 5.75 Å². The molecular weight excluding hydrogens is 392 g/mol. The maximum Gasteiger partial charge on any atom is 0.248 e. The van der Waals surface area contributed by atoms with Gasteiger partial charge in [-0.05, 0) is 54.8 Å². The maximum absolute atomic E-state index is 13.0. The van der Waals surface area contributed by atoms with Gasteiger partial charge in [0.05, 0.1) is 13.7 Å². The third kappa shape index (κ3) is 5.35. The molecule has 0 unspecified atom stereocenters. The lowest BCUT2D eigenvalue weighted by atomic mass is 10.1. The molecule has 2 amide bonds. The summed E-state index contributed by atoms with van der Waals surface area (Å²) in [4.78, 5) is 30.8. The smallest absolute Gasteiger partial charge is 0.248 e. The van der Waals surface area contributed by atoms with Crippen molar-refractivity contribution in [3.05, 3.63) is 59.7 Å². The van der Waals surface area contributed by atoms with E-state index in [0.717, 1.165) is 56.0 Å². The molecule has 7 nitrogen and oxygen atoms in total. The number of nitrogens with zero attached hydrogens (tertiary/aromatic N) is 3. The highest BCUT2D eigenvalue weighted by Crippen LogP contribution is 2.28. The molecule has 2 aliphatic rings. The quantitative estimate of drug-likeness (QED) is 0.705. The zero-order chi connectivity index (χ0) is 21.8. The molecule has 2 aromatic carbocycles. The van der Waals surface area contributed by atoms with Crippen LogP contribution in [0.4, 0.5) is 5.69 Å². The van der Waals surface area contributed by atoms with Crippen LogP contribution in [0, 0.1) is 0 Å². The van der Waals surface area contributed by atoms with Gasteiger partial charge in [-0.3, -0.25) is 14.5 Å². The summed E-state index contributed by atoms with van der Waals surface area (Å²) in [5.74, 6) is 0.617. The molecule has 7 heteroatoms. The monoisotopic (exact) mass is 422 g/mol. The van der Waals surface area contributed by atoms with Crippen LogP contribution < -0.4 is 15.4 Å². The molecule has 2 aromatic rings. The average Bonchev–Trinajstić information content (AvgIpc) is 3.65. The van der Waals surface area contributed by atoms with Crippen LogP contribution in [-0.2, 0) is 11.3 Å². The molecule has 4 rings (SSSR count). The van der Waals surface area contributed by atoms with E-state index >= 15 is 0 Å². The zero-order valence-corrected chi connectivity index (χ0v) is 18.0. The van der Waals surface area contributed by atoms with Crippen LogP contribution >= 0.6 is 0 Å². The Morgan fingerprint density at radius 2 is 1.65 bits per heavy atom. The van der Waals surface area contributed by atoms with Crippen molar-refractivity contribution < 1.29 is 14.3 Å². The molecule has 1 heterocycles. The number of anilines is 1. The number of ether oxygens (including phenoxy) is 1. The van der Waals surface area contributed by atoms with E-state index < -0.39 is 5.91 Å². The molecule has 0 spiro atoms. The predicted molar refractivity (Wildman–Crippen MR) is 120 cm³/mol. The number of primary amides is 1. The van der Waals surface area contributed by atoms with E-state index in [1.165, 1.54) is 0 Å². The number of methoxy groups -OCH3 is 1. The molecule has 0 atom stereocenters. The molecule has 1 aliphatic heterocycles. The first kappa shape index (κ1) is 21.2. The standard InChI is InChI=1S/C24H30N4O3/c1-31-22-10-8-20(9-11-22)26-12-14-27(15-13-26)23(29)17-28(21-6-7-21)16-18-2-4-19(5-3-18)24(25)30/h2-5,8-11,21H,6-7,12-17H2,1H3,(H2,25,30). The summed E-state index contributed by atoms with van der Waals surface area (Å²) >= 11 is 0. The van der Waals surface area contributed by atoms with E-state index in [1.54, 1.807) is 19.2 Å². The van der Waals surface area contributed by atoms with Gasteiger partial charge in [-0.25, -0.2) is 0 Å². The van der Waals surface area contributed by atoms with E-state index in [4.69, 9.17) is 10.5 Å². The van der Waals surface area contributed by atoms with Crippen molar-refractivity contribution in [3.63, 3.8) is 0 Å². The van der Waals surface area contributed by atoms with E-state index in [2.05, 4.69) is 21.9 Å². The fourth-order valence-corrected chi connectivity index (χ4v) is 4.04. The van der Waals surface area contributed by atoms with Crippen molar-refractivity contribution in [1.29, 1.82) is 0 Å². The lowest BCUT2D eigenvalue weighted by molar-refractivity contribution is -0.133. The normalized spacial score (nSPS) is 16.5. The summed E-state index contributed by atoms with van der Waals surface area (Å²) in [6.45, 7) is 4.27. The number of nitrogens with two attached hydrogens (primary N) is 1. The Morgan fingerprint density at radius 1 is 1.00 bits per heavy atom. The Kier molecular flexibility index (Phi) is 6.42. The molecule has 0 aromatic heterocycles. The summed E-state index contributed by atoms with van der Waals surface area (Å²) in [5.41, 5.74) is 8.08. The fraction of sp³-hybridized carbons (Fsp3) is 0.417. The number of rotatable bonds is 8. The van der Waals surface area contributed by atoms with Gasteiger partial charge in [-0.2, -0.15) is 0 Å².